The van der Waals surface area contributed by atoms with Crippen molar-refractivity contribution in [2.24, 2.45) is 5.84 Å². The summed E-state index contributed by atoms with van der Waals surface area (Å²) in [5.41, 5.74) is 2.40. The highest BCUT2D eigenvalue weighted by atomic mass is 35.5. The Hall–Kier alpha value is -0.390. The minimum Gasteiger partial charge on any atom is -0.338 e. The monoisotopic (exact) mass is 223 g/mol. The smallest absolute Gasteiger partial charge is 0.183 e. The van der Waals surface area contributed by atoms with E-state index < -0.39 is 0 Å². The number of carbonyl (C=O) groups is 1. The number of rotatable bonds is 1. The van der Waals surface area contributed by atoms with Gasteiger partial charge in [-0.3, -0.25) is 4.79 Å². The summed E-state index contributed by atoms with van der Waals surface area (Å²) in [5, 5.41) is 0.465. The highest BCUT2D eigenvalue weighted by molar-refractivity contribution is 7.80. The summed E-state index contributed by atoms with van der Waals surface area (Å²) in [5.74, 6) is 5.33. The quantitative estimate of drug-likeness (QED) is 0.378. The molecule has 13 heavy (non-hydrogen) atoms. The molecule has 1 aliphatic rings. The summed E-state index contributed by atoms with van der Waals surface area (Å²) in [4.78, 5) is 13.0. The second-order valence-corrected chi connectivity index (χ2v) is 3.30. The largest absolute Gasteiger partial charge is 0.338 e. The molecule has 1 aliphatic heterocycles. The molecule has 1 fully saturated rings. The molecule has 1 saturated heterocycles. The molecule has 0 bridgehead atoms. The van der Waals surface area contributed by atoms with E-state index in [-0.39, 0.29) is 24.2 Å². The van der Waals surface area contributed by atoms with Crippen molar-refractivity contribution in [3.8, 4) is 0 Å². The van der Waals surface area contributed by atoms with Gasteiger partial charge in [-0.15, -0.1) is 12.4 Å². The summed E-state index contributed by atoms with van der Waals surface area (Å²) >= 11 is 4.95. The number of halogens is 1. The van der Waals surface area contributed by atoms with Gasteiger partial charge in [-0.25, -0.2) is 5.84 Å². The van der Waals surface area contributed by atoms with Gasteiger partial charge in [0.2, 0.25) is 0 Å². The van der Waals surface area contributed by atoms with Gasteiger partial charge in [-0.1, -0.05) is 0 Å². The third-order valence-electron chi connectivity index (χ3n) is 2.11. The molecule has 1 rings (SSSR count). The number of nitrogens with two attached hydrogens (primary N) is 1. The lowest BCUT2D eigenvalue weighted by Crippen LogP contribution is -2.47. The van der Waals surface area contributed by atoms with E-state index in [4.69, 9.17) is 18.1 Å². The Morgan fingerprint density at radius 2 is 2.31 bits per heavy atom. The zero-order valence-electron chi connectivity index (χ0n) is 7.45. The van der Waals surface area contributed by atoms with E-state index in [0.717, 1.165) is 19.4 Å². The van der Waals surface area contributed by atoms with Gasteiger partial charge in [-0.2, -0.15) is 0 Å². The van der Waals surface area contributed by atoms with E-state index in [9.17, 15) is 4.79 Å². The first-order valence-corrected chi connectivity index (χ1v) is 4.35. The van der Waals surface area contributed by atoms with Crippen LogP contribution in [0.3, 0.4) is 0 Å². The average molecular weight is 224 g/mol. The summed E-state index contributed by atoms with van der Waals surface area (Å²) < 4.78 is 0. The van der Waals surface area contributed by atoms with Crippen molar-refractivity contribution in [1.82, 2.24) is 10.3 Å². The van der Waals surface area contributed by atoms with Gasteiger partial charge in [0, 0.05) is 6.54 Å². The van der Waals surface area contributed by atoms with Crippen LogP contribution in [-0.4, -0.2) is 28.4 Å². The van der Waals surface area contributed by atoms with Crippen molar-refractivity contribution in [1.29, 1.82) is 0 Å². The van der Waals surface area contributed by atoms with E-state index in [1.54, 1.807) is 6.92 Å². The zero-order valence-corrected chi connectivity index (χ0v) is 9.08. The van der Waals surface area contributed by atoms with Gasteiger partial charge in [0.05, 0.1) is 6.04 Å². The number of likely N-dealkylation sites (tertiary alicyclic amines) is 1. The van der Waals surface area contributed by atoms with Crippen molar-refractivity contribution in [2.45, 2.75) is 25.8 Å². The zero-order chi connectivity index (χ0) is 9.14. The highest BCUT2D eigenvalue weighted by Gasteiger charge is 2.29. The van der Waals surface area contributed by atoms with Crippen LogP contribution in [0.25, 0.3) is 0 Å². The van der Waals surface area contributed by atoms with Crippen LogP contribution in [-0.2, 0) is 4.79 Å². The lowest BCUT2D eigenvalue weighted by Gasteiger charge is -2.24. The number of hydrazine groups is 1. The Balaban J connectivity index is 0.00000144. The number of Topliss-reactive ketones (excluding diaryl/α,β-unsaturated/α-hetero) is 1. The summed E-state index contributed by atoms with van der Waals surface area (Å²) in [6.45, 7) is 2.41. The molecular formula is C7H14ClN3OS. The maximum atomic E-state index is 11.1. The second kappa shape index (κ2) is 5.36. The van der Waals surface area contributed by atoms with Crippen molar-refractivity contribution in [2.75, 3.05) is 6.54 Å². The number of hydrogen-bond donors (Lipinski definition) is 2. The molecule has 0 aromatic rings. The van der Waals surface area contributed by atoms with Crippen LogP contribution >= 0.6 is 24.6 Å². The predicted octanol–water partition coefficient (Wildman–Crippen LogP) is 0.210. The minimum absolute atomic E-state index is 0. The molecule has 1 heterocycles. The molecule has 0 spiro atoms. The number of hydrogen-bond acceptors (Lipinski definition) is 3. The fourth-order valence-corrected chi connectivity index (χ4v) is 1.73. The van der Waals surface area contributed by atoms with Crippen LogP contribution < -0.4 is 11.3 Å². The van der Waals surface area contributed by atoms with E-state index in [1.807, 2.05) is 4.90 Å². The van der Waals surface area contributed by atoms with Crippen LogP contribution in [0.4, 0.5) is 0 Å². The number of thiocarbonyl (C=S) groups is 1. The average Bonchev–Trinajstić information content (AvgIpc) is 2.50. The van der Waals surface area contributed by atoms with Crippen molar-refractivity contribution in [3.05, 3.63) is 0 Å². The first-order chi connectivity index (χ1) is 5.66. The Morgan fingerprint density at radius 1 is 1.69 bits per heavy atom. The summed E-state index contributed by atoms with van der Waals surface area (Å²) in [7, 11) is 0. The van der Waals surface area contributed by atoms with Gasteiger partial charge < -0.3 is 10.3 Å². The van der Waals surface area contributed by atoms with Crippen LogP contribution in [0.5, 0.6) is 0 Å². The van der Waals surface area contributed by atoms with E-state index in [0.29, 0.717) is 5.11 Å². The maximum absolute atomic E-state index is 11.1. The predicted molar refractivity (Wildman–Crippen MR) is 57.6 cm³/mol. The van der Waals surface area contributed by atoms with Crippen LogP contribution in [0.2, 0.25) is 0 Å². The molecule has 1 unspecified atom stereocenters. The third kappa shape index (κ3) is 2.79. The van der Waals surface area contributed by atoms with Gasteiger partial charge in [-0.05, 0) is 32.0 Å². The lowest BCUT2D eigenvalue weighted by atomic mass is 10.1. The van der Waals surface area contributed by atoms with Gasteiger partial charge in [0.15, 0.2) is 10.9 Å². The van der Waals surface area contributed by atoms with E-state index >= 15 is 0 Å². The molecule has 0 radical (unpaired) electrons. The number of nitrogens with zero attached hydrogens (tertiary/aromatic N) is 1. The molecule has 0 aromatic heterocycles. The second-order valence-electron chi connectivity index (χ2n) is 2.91. The van der Waals surface area contributed by atoms with Gasteiger partial charge >= 0.3 is 0 Å². The van der Waals surface area contributed by atoms with Gasteiger partial charge in [0.25, 0.3) is 0 Å². The molecule has 0 aromatic carbocycles. The maximum Gasteiger partial charge on any atom is 0.183 e. The fourth-order valence-electron chi connectivity index (χ4n) is 1.52. The molecular weight excluding hydrogens is 210 g/mol. The summed E-state index contributed by atoms with van der Waals surface area (Å²) in [6.07, 6.45) is 1.89. The Morgan fingerprint density at radius 3 is 2.77 bits per heavy atom. The fraction of sp³-hybridized carbons (Fsp3) is 0.714. The van der Waals surface area contributed by atoms with Crippen molar-refractivity contribution >= 4 is 35.5 Å². The normalized spacial score (nSPS) is 20.8. The molecule has 4 nitrogen and oxygen atoms in total. The van der Waals surface area contributed by atoms with Crippen molar-refractivity contribution < 1.29 is 4.79 Å². The third-order valence-corrected chi connectivity index (χ3v) is 2.46. The molecule has 0 amide bonds. The van der Waals surface area contributed by atoms with Crippen LogP contribution in [0, 0.1) is 0 Å². The molecule has 6 heteroatoms. The van der Waals surface area contributed by atoms with E-state index in [1.165, 1.54) is 0 Å². The summed E-state index contributed by atoms with van der Waals surface area (Å²) in [6, 6.07) is -0.0615. The topological polar surface area (TPSA) is 58.4 Å². The van der Waals surface area contributed by atoms with E-state index in [2.05, 4.69) is 5.43 Å². The SMILES string of the molecule is CC(=O)C1CCCN1C(=S)NN.Cl. The minimum atomic E-state index is -0.0615. The Labute approximate surface area is 89.2 Å². The Kier molecular flexibility index (Phi) is 5.20. The lowest BCUT2D eigenvalue weighted by molar-refractivity contribution is -0.120. The van der Waals surface area contributed by atoms with Crippen LogP contribution in [0.15, 0.2) is 0 Å². The molecule has 0 saturated carbocycles. The van der Waals surface area contributed by atoms with Crippen LogP contribution in [0.1, 0.15) is 19.8 Å². The first-order valence-electron chi connectivity index (χ1n) is 3.94. The molecule has 3 N–H and O–H groups in total. The molecule has 76 valence electrons. The van der Waals surface area contributed by atoms with Crippen molar-refractivity contribution in [3.63, 3.8) is 0 Å². The van der Waals surface area contributed by atoms with Gasteiger partial charge in [0.1, 0.15) is 0 Å². The molecule has 0 aliphatic carbocycles. The number of nitrogens with one attached hydrogen (secondary N) is 1. The number of ketones is 1. The number of carbonyl (C=O) groups excluding carboxylic acids is 1. The highest BCUT2D eigenvalue weighted by Crippen LogP contribution is 2.17. The first kappa shape index (κ1) is 12.6. The Bertz CT molecular complexity index is 212. The standard InChI is InChI=1S/C7H13N3OS.ClH/c1-5(11)6-3-2-4-10(6)7(12)9-8;/h6H,2-4,8H2,1H3,(H,9,12);1H. The molecule has 1 atom stereocenters.